The molecular weight excluding hydrogens is 490 g/mol. The van der Waals surface area contributed by atoms with Crippen LogP contribution >= 0.6 is 0 Å². The van der Waals surface area contributed by atoms with E-state index in [0.717, 1.165) is 0 Å². The van der Waals surface area contributed by atoms with E-state index in [2.05, 4.69) is 15.8 Å². The van der Waals surface area contributed by atoms with Gasteiger partial charge in [-0.3, -0.25) is 9.59 Å². The minimum absolute atomic E-state index is 0.0515. The standard InChI is InChI=1S/C28H29N3O7/c1-34-21-12-11-20(23(16-21)35-2)15-22(30-27(32)19-9-7-6-8-10-19)28(33)31-29-17-18-13-24(36-3)26(38-5)25(14-18)37-4/h6-17H,1-5H3,(H,30,32)(H,31,33)/b22-15-,29-17-. The summed E-state index contributed by atoms with van der Waals surface area (Å²) >= 11 is 0. The molecule has 0 aliphatic carbocycles. The highest BCUT2D eigenvalue weighted by Gasteiger charge is 2.16. The van der Waals surface area contributed by atoms with Gasteiger partial charge in [0.1, 0.15) is 17.2 Å². The molecule has 3 rings (SSSR count). The van der Waals surface area contributed by atoms with Crippen LogP contribution in [0.4, 0.5) is 0 Å². The third kappa shape index (κ3) is 6.82. The topological polar surface area (TPSA) is 117 Å². The van der Waals surface area contributed by atoms with Crippen LogP contribution in [-0.2, 0) is 4.79 Å². The van der Waals surface area contributed by atoms with Gasteiger partial charge in [-0.15, -0.1) is 0 Å². The average Bonchev–Trinajstić information content (AvgIpc) is 2.96. The van der Waals surface area contributed by atoms with Gasteiger partial charge in [-0.05, 0) is 42.5 Å². The molecule has 0 saturated carbocycles. The number of hydrogen-bond donors (Lipinski definition) is 2. The number of amides is 2. The highest BCUT2D eigenvalue weighted by molar-refractivity contribution is 6.05. The predicted molar refractivity (Wildman–Crippen MR) is 143 cm³/mol. The molecule has 10 nitrogen and oxygen atoms in total. The summed E-state index contributed by atoms with van der Waals surface area (Å²) in [4.78, 5) is 26.0. The Bertz CT molecular complexity index is 1310. The first-order chi connectivity index (χ1) is 18.4. The third-order valence-electron chi connectivity index (χ3n) is 5.34. The second-order valence-electron chi connectivity index (χ2n) is 7.64. The fraction of sp³-hybridized carbons (Fsp3) is 0.179. The molecule has 0 saturated heterocycles. The van der Waals surface area contributed by atoms with E-state index in [1.165, 1.54) is 47.8 Å². The van der Waals surface area contributed by atoms with Crippen LogP contribution in [0.1, 0.15) is 21.5 Å². The first kappa shape index (κ1) is 27.6. The molecule has 0 fully saturated rings. The van der Waals surface area contributed by atoms with Crippen molar-refractivity contribution in [1.29, 1.82) is 0 Å². The lowest BCUT2D eigenvalue weighted by Crippen LogP contribution is -2.32. The van der Waals surface area contributed by atoms with Crippen molar-refractivity contribution in [3.05, 3.63) is 83.1 Å². The summed E-state index contributed by atoms with van der Waals surface area (Å²) in [6.45, 7) is 0. The second kappa shape index (κ2) is 13.4. The van der Waals surface area contributed by atoms with Crippen molar-refractivity contribution in [3.8, 4) is 28.7 Å². The third-order valence-corrected chi connectivity index (χ3v) is 5.34. The molecule has 3 aromatic rings. The molecule has 2 amide bonds. The lowest BCUT2D eigenvalue weighted by atomic mass is 10.1. The molecular formula is C28H29N3O7. The number of carbonyl (C=O) groups excluding carboxylic acids is 2. The summed E-state index contributed by atoms with van der Waals surface area (Å²) in [7, 11) is 7.54. The summed E-state index contributed by atoms with van der Waals surface area (Å²) in [6, 6.07) is 17.0. The zero-order valence-electron chi connectivity index (χ0n) is 21.7. The number of rotatable bonds is 11. The number of nitrogens with zero attached hydrogens (tertiary/aromatic N) is 1. The monoisotopic (exact) mass is 519 g/mol. The van der Waals surface area contributed by atoms with Crippen LogP contribution in [0, 0.1) is 0 Å². The van der Waals surface area contributed by atoms with Crippen molar-refractivity contribution in [3.63, 3.8) is 0 Å². The van der Waals surface area contributed by atoms with E-state index in [1.54, 1.807) is 60.7 Å². The zero-order valence-corrected chi connectivity index (χ0v) is 21.7. The molecule has 3 aromatic carbocycles. The smallest absolute Gasteiger partial charge is 0.287 e. The van der Waals surface area contributed by atoms with Crippen LogP contribution in [0.25, 0.3) is 6.08 Å². The Morgan fingerprint density at radius 1 is 0.763 bits per heavy atom. The van der Waals surface area contributed by atoms with Crippen molar-refractivity contribution in [2.45, 2.75) is 0 Å². The molecule has 10 heteroatoms. The molecule has 0 spiro atoms. The molecule has 0 radical (unpaired) electrons. The van der Waals surface area contributed by atoms with Crippen molar-refractivity contribution in [2.24, 2.45) is 5.10 Å². The number of nitrogens with one attached hydrogen (secondary N) is 2. The van der Waals surface area contributed by atoms with Crippen LogP contribution < -0.4 is 34.4 Å². The first-order valence-electron chi connectivity index (χ1n) is 11.4. The Morgan fingerprint density at radius 3 is 2.00 bits per heavy atom. The second-order valence-corrected chi connectivity index (χ2v) is 7.64. The van der Waals surface area contributed by atoms with E-state index < -0.39 is 11.8 Å². The Morgan fingerprint density at radius 2 is 1.42 bits per heavy atom. The van der Waals surface area contributed by atoms with Crippen LogP contribution in [0.3, 0.4) is 0 Å². The van der Waals surface area contributed by atoms with Gasteiger partial charge < -0.3 is 29.0 Å². The van der Waals surface area contributed by atoms with Gasteiger partial charge in [-0.25, -0.2) is 5.43 Å². The SMILES string of the molecule is COc1ccc(/C=C(\NC(=O)c2ccccc2)C(=O)N/N=C\c2cc(OC)c(OC)c(OC)c2)c(OC)c1. The van der Waals surface area contributed by atoms with E-state index in [9.17, 15) is 9.59 Å². The molecule has 0 aliphatic rings. The summed E-state index contributed by atoms with van der Waals surface area (Å²) < 4.78 is 26.7. The van der Waals surface area contributed by atoms with Gasteiger partial charge in [0, 0.05) is 22.8 Å². The summed E-state index contributed by atoms with van der Waals surface area (Å²) in [6.07, 6.45) is 2.90. The zero-order chi connectivity index (χ0) is 27.5. The lowest BCUT2D eigenvalue weighted by Gasteiger charge is -2.13. The van der Waals surface area contributed by atoms with Crippen molar-refractivity contribution in [1.82, 2.24) is 10.7 Å². The van der Waals surface area contributed by atoms with Gasteiger partial charge in [0.2, 0.25) is 5.75 Å². The molecule has 0 bridgehead atoms. The molecule has 0 aliphatic heterocycles. The Kier molecular flexibility index (Phi) is 9.70. The molecule has 0 unspecified atom stereocenters. The number of ether oxygens (including phenoxy) is 5. The van der Waals surface area contributed by atoms with Gasteiger partial charge in [0.25, 0.3) is 11.8 Å². The van der Waals surface area contributed by atoms with Gasteiger partial charge >= 0.3 is 0 Å². The average molecular weight is 520 g/mol. The summed E-state index contributed by atoms with van der Waals surface area (Å²) in [5.74, 6) is 1.20. The summed E-state index contributed by atoms with van der Waals surface area (Å²) in [5.41, 5.74) is 3.89. The summed E-state index contributed by atoms with van der Waals surface area (Å²) in [5, 5.41) is 6.70. The first-order valence-corrected chi connectivity index (χ1v) is 11.4. The predicted octanol–water partition coefficient (Wildman–Crippen LogP) is 3.65. The fourth-order valence-electron chi connectivity index (χ4n) is 3.44. The van der Waals surface area contributed by atoms with Gasteiger partial charge in [-0.1, -0.05) is 18.2 Å². The minimum Gasteiger partial charge on any atom is -0.497 e. The van der Waals surface area contributed by atoms with E-state index in [4.69, 9.17) is 23.7 Å². The highest BCUT2D eigenvalue weighted by atomic mass is 16.5. The van der Waals surface area contributed by atoms with Gasteiger partial charge in [0.15, 0.2) is 11.5 Å². The Labute approximate surface area is 220 Å². The maximum absolute atomic E-state index is 13.1. The minimum atomic E-state index is -0.657. The van der Waals surface area contributed by atoms with Gasteiger partial charge in [0.05, 0.1) is 41.8 Å². The number of hydrazone groups is 1. The molecule has 0 heterocycles. The van der Waals surface area contributed by atoms with Gasteiger partial charge in [-0.2, -0.15) is 5.10 Å². The van der Waals surface area contributed by atoms with Crippen molar-refractivity contribution < 1.29 is 33.3 Å². The number of hydrogen-bond acceptors (Lipinski definition) is 8. The van der Waals surface area contributed by atoms with Crippen molar-refractivity contribution >= 4 is 24.1 Å². The number of benzene rings is 3. The normalized spacial score (nSPS) is 11.0. The molecule has 2 N–H and O–H groups in total. The number of carbonyl (C=O) groups is 2. The van der Waals surface area contributed by atoms with E-state index in [-0.39, 0.29) is 5.70 Å². The van der Waals surface area contributed by atoms with Crippen molar-refractivity contribution in [2.75, 3.05) is 35.5 Å². The number of methoxy groups -OCH3 is 5. The lowest BCUT2D eigenvalue weighted by molar-refractivity contribution is -0.117. The van der Waals surface area contributed by atoms with E-state index in [1.807, 2.05) is 0 Å². The molecule has 198 valence electrons. The Hall–Kier alpha value is -4.99. The Balaban J connectivity index is 1.90. The molecule has 0 aromatic heterocycles. The fourth-order valence-corrected chi connectivity index (χ4v) is 3.44. The van der Waals surface area contributed by atoms with Crippen LogP contribution in [0.2, 0.25) is 0 Å². The van der Waals surface area contributed by atoms with E-state index >= 15 is 0 Å². The van der Waals surface area contributed by atoms with E-state index in [0.29, 0.717) is 45.4 Å². The van der Waals surface area contributed by atoms with Crippen LogP contribution in [-0.4, -0.2) is 53.6 Å². The maximum Gasteiger partial charge on any atom is 0.287 e. The maximum atomic E-state index is 13.1. The largest absolute Gasteiger partial charge is 0.497 e. The van der Waals surface area contributed by atoms with Crippen LogP contribution in [0.5, 0.6) is 28.7 Å². The molecule has 38 heavy (non-hydrogen) atoms. The molecule has 0 atom stereocenters. The van der Waals surface area contributed by atoms with Crippen LogP contribution in [0.15, 0.2) is 71.5 Å². The quantitative estimate of drug-likeness (QED) is 0.226. The highest BCUT2D eigenvalue weighted by Crippen LogP contribution is 2.37.